The topological polar surface area (TPSA) is 78.9 Å². The van der Waals surface area contributed by atoms with Crippen molar-refractivity contribution < 1.29 is 28.6 Å². The summed E-state index contributed by atoms with van der Waals surface area (Å²) in [6.45, 7) is 6.66. The second kappa shape index (κ2) is 54.8. The van der Waals surface area contributed by atoms with Crippen LogP contribution in [-0.4, -0.2) is 37.2 Å². The SMILES string of the molecule is CCCCCCCCCC/C=C\CCCCCCCCCCCCCCCCCC(=O)OCC(COC(=O)CCCCCCCCCCCC)OC(=O)CCCCCCCCCCCC. The van der Waals surface area contributed by atoms with Crippen LogP contribution in [0.1, 0.15) is 329 Å². The fraction of sp³-hybridized carbons (Fsp3) is 0.915. The third-order valence-electron chi connectivity index (χ3n) is 13.3. The fourth-order valence-corrected chi connectivity index (χ4v) is 8.85. The summed E-state index contributed by atoms with van der Waals surface area (Å²) in [6, 6.07) is 0. The number of rotatable bonds is 54. The van der Waals surface area contributed by atoms with Gasteiger partial charge >= 0.3 is 17.9 Å². The Morgan fingerprint density at radius 2 is 0.508 bits per heavy atom. The first-order chi connectivity index (χ1) is 32.0. The standard InChI is InChI=1S/C59H112O6/c1-4-7-10-13-16-19-22-23-24-25-26-27-28-29-30-31-32-33-34-35-36-37-38-41-43-46-49-52-58(61)64-55-56(65-59(62)53-50-47-44-40-21-18-15-12-9-6-3)54-63-57(60)51-48-45-42-39-20-17-14-11-8-5-2/h25-26,56H,4-24,27-55H2,1-3H3/b26-25-. The summed E-state index contributed by atoms with van der Waals surface area (Å²) >= 11 is 0. The van der Waals surface area contributed by atoms with Crippen molar-refractivity contribution >= 4 is 17.9 Å². The molecule has 384 valence electrons. The zero-order valence-corrected chi connectivity index (χ0v) is 44.0. The lowest BCUT2D eigenvalue weighted by Crippen LogP contribution is -2.30. The first kappa shape index (κ1) is 63.1. The number of carbonyl (C=O) groups excluding carboxylic acids is 3. The average molecular weight is 918 g/mol. The summed E-state index contributed by atoms with van der Waals surface area (Å²) in [5, 5.41) is 0. The van der Waals surface area contributed by atoms with E-state index in [1.54, 1.807) is 0 Å². The van der Waals surface area contributed by atoms with E-state index in [-0.39, 0.29) is 31.1 Å². The van der Waals surface area contributed by atoms with E-state index in [4.69, 9.17) is 14.2 Å². The second-order valence-electron chi connectivity index (χ2n) is 19.9. The lowest BCUT2D eigenvalue weighted by Gasteiger charge is -2.18. The van der Waals surface area contributed by atoms with Gasteiger partial charge in [0, 0.05) is 19.3 Å². The molecule has 0 aliphatic carbocycles. The number of ether oxygens (including phenoxy) is 3. The molecule has 6 heteroatoms. The molecule has 0 spiro atoms. The van der Waals surface area contributed by atoms with Gasteiger partial charge in [0.15, 0.2) is 6.10 Å². The second-order valence-corrected chi connectivity index (χ2v) is 19.9. The van der Waals surface area contributed by atoms with E-state index in [2.05, 4.69) is 32.9 Å². The minimum absolute atomic E-state index is 0.0640. The molecule has 0 aromatic carbocycles. The van der Waals surface area contributed by atoms with Gasteiger partial charge in [0.1, 0.15) is 13.2 Å². The van der Waals surface area contributed by atoms with Crippen molar-refractivity contribution in [3.05, 3.63) is 12.2 Å². The van der Waals surface area contributed by atoms with Crippen molar-refractivity contribution in [2.45, 2.75) is 335 Å². The Morgan fingerprint density at radius 1 is 0.292 bits per heavy atom. The zero-order chi connectivity index (χ0) is 47.2. The predicted octanol–water partition coefficient (Wildman–Crippen LogP) is 19.3. The fourth-order valence-electron chi connectivity index (χ4n) is 8.85. The smallest absolute Gasteiger partial charge is 0.306 e. The molecule has 0 radical (unpaired) electrons. The van der Waals surface area contributed by atoms with Gasteiger partial charge in [-0.25, -0.2) is 0 Å². The van der Waals surface area contributed by atoms with Crippen LogP contribution in [0.3, 0.4) is 0 Å². The van der Waals surface area contributed by atoms with E-state index < -0.39 is 6.10 Å². The van der Waals surface area contributed by atoms with Gasteiger partial charge in [0.2, 0.25) is 0 Å². The largest absolute Gasteiger partial charge is 0.462 e. The molecular formula is C59H112O6. The Bertz CT molecular complexity index is 1010. The number of hydrogen-bond acceptors (Lipinski definition) is 6. The van der Waals surface area contributed by atoms with Gasteiger partial charge in [0.25, 0.3) is 0 Å². The highest BCUT2D eigenvalue weighted by atomic mass is 16.6. The number of unbranched alkanes of at least 4 members (excludes halogenated alkanes) is 41. The molecule has 0 heterocycles. The maximum atomic E-state index is 12.7. The van der Waals surface area contributed by atoms with Crippen LogP contribution in [0.15, 0.2) is 12.2 Å². The van der Waals surface area contributed by atoms with Crippen molar-refractivity contribution in [2.75, 3.05) is 13.2 Å². The summed E-state index contributed by atoms with van der Waals surface area (Å²) in [6.07, 6.45) is 62.3. The van der Waals surface area contributed by atoms with Gasteiger partial charge in [-0.1, -0.05) is 277 Å². The lowest BCUT2D eigenvalue weighted by molar-refractivity contribution is -0.167. The van der Waals surface area contributed by atoms with Gasteiger partial charge in [-0.05, 0) is 44.9 Å². The van der Waals surface area contributed by atoms with Gasteiger partial charge in [0.05, 0.1) is 0 Å². The van der Waals surface area contributed by atoms with E-state index in [1.807, 2.05) is 0 Å². The van der Waals surface area contributed by atoms with Crippen LogP contribution in [0.5, 0.6) is 0 Å². The van der Waals surface area contributed by atoms with E-state index in [0.29, 0.717) is 19.3 Å². The highest BCUT2D eigenvalue weighted by molar-refractivity contribution is 5.71. The van der Waals surface area contributed by atoms with Crippen LogP contribution >= 0.6 is 0 Å². The van der Waals surface area contributed by atoms with Crippen molar-refractivity contribution in [2.24, 2.45) is 0 Å². The van der Waals surface area contributed by atoms with Crippen LogP contribution in [0.25, 0.3) is 0 Å². The Kier molecular flexibility index (Phi) is 53.2. The molecule has 6 nitrogen and oxygen atoms in total. The first-order valence-electron chi connectivity index (χ1n) is 29.2. The van der Waals surface area contributed by atoms with E-state index in [1.165, 1.54) is 231 Å². The summed E-state index contributed by atoms with van der Waals surface area (Å²) in [7, 11) is 0. The molecule has 1 atom stereocenters. The molecule has 0 amide bonds. The van der Waals surface area contributed by atoms with Crippen LogP contribution in [0.4, 0.5) is 0 Å². The Hall–Kier alpha value is -1.85. The molecule has 0 bridgehead atoms. The molecule has 65 heavy (non-hydrogen) atoms. The van der Waals surface area contributed by atoms with Crippen molar-refractivity contribution in [1.29, 1.82) is 0 Å². The monoisotopic (exact) mass is 917 g/mol. The molecule has 0 saturated carbocycles. The molecule has 1 unspecified atom stereocenters. The molecular weight excluding hydrogens is 805 g/mol. The summed E-state index contributed by atoms with van der Waals surface area (Å²) in [5.41, 5.74) is 0. The maximum Gasteiger partial charge on any atom is 0.306 e. The molecule has 0 fully saturated rings. The normalized spacial score (nSPS) is 12.0. The highest BCUT2D eigenvalue weighted by Gasteiger charge is 2.19. The quantitative estimate of drug-likeness (QED) is 0.0262. The van der Waals surface area contributed by atoms with E-state index >= 15 is 0 Å². The number of carbonyl (C=O) groups is 3. The van der Waals surface area contributed by atoms with Crippen LogP contribution in [0, 0.1) is 0 Å². The number of esters is 3. The van der Waals surface area contributed by atoms with Crippen molar-refractivity contribution in [3.8, 4) is 0 Å². The van der Waals surface area contributed by atoms with Crippen molar-refractivity contribution in [3.63, 3.8) is 0 Å². The average Bonchev–Trinajstić information content (AvgIpc) is 3.30. The number of hydrogen-bond donors (Lipinski definition) is 0. The molecule has 0 aliphatic rings. The first-order valence-corrected chi connectivity index (χ1v) is 29.2. The third kappa shape index (κ3) is 53.0. The van der Waals surface area contributed by atoms with Crippen LogP contribution in [-0.2, 0) is 28.6 Å². The van der Waals surface area contributed by atoms with Crippen LogP contribution in [0.2, 0.25) is 0 Å². The Labute approximate surface area is 405 Å². The van der Waals surface area contributed by atoms with E-state index in [0.717, 1.165) is 57.8 Å². The molecule has 0 aromatic heterocycles. The number of allylic oxidation sites excluding steroid dienone is 2. The highest BCUT2D eigenvalue weighted by Crippen LogP contribution is 2.17. The maximum absolute atomic E-state index is 12.7. The van der Waals surface area contributed by atoms with Gasteiger partial charge in [-0.15, -0.1) is 0 Å². The van der Waals surface area contributed by atoms with E-state index in [9.17, 15) is 14.4 Å². The summed E-state index contributed by atoms with van der Waals surface area (Å²) in [4.78, 5) is 37.9. The molecule has 0 rings (SSSR count). The molecule has 0 N–H and O–H groups in total. The summed E-state index contributed by atoms with van der Waals surface area (Å²) in [5.74, 6) is -0.847. The lowest BCUT2D eigenvalue weighted by atomic mass is 10.0. The third-order valence-corrected chi connectivity index (χ3v) is 13.3. The van der Waals surface area contributed by atoms with Crippen molar-refractivity contribution in [1.82, 2.24) is 0 Å². The van der Waals surface area contributed by atoms with Gasteiger partial charge in [-0.3, -0.25) is 14.4 Å². The molecule has 0 saturated heterocycles. The van der Waals surface area contributed by atoms with Crippen LogP contribution < -0.4 is 0 Å². The minimum atomic E-state index is -0.761. The summed E-state index contributed by atoms with van der Waals surface area (Å²) < 4.78 is 16.8. The Morgan fingerprint density at radius 3 is 0.769 bits per heavy atom. The molecule has 0 aliphatic heterocycles. The predicted molar refractivity (Wildman–Crippen MR) is 280 cm³/mol. The molecule has 0 aromatic rings. The van der Waals surface area contributed by atoms with Gasteiger partial charge in [-0.2, -0.15) is 0 Å². The minimum Gasteiger partial charge on any atom is -0.462 e. The Balaban J connectivity index is 4.04. The van der Waals surface area contributed by atoms with Gasteiger partial charge < -0.3 is 14.2 Å². The zero-order valence-electron chi connectivity index (χ0n) is 44.0.